The van der Waals surface area contributed by atoms with Gasteiger partial charge in [0.05, 0.1) is 0 Å². The normalized spacial score (nSPS) is 9.55. The van der Waals surface area contributed by atoms with Gasteiger partial charge in [0.25, 0.3) is 0 Å². The molecule has 3 heteroatoms. The van der Waals surface area contributed by atoms with Gasteiger partial charge in [-0.3, -0.25) is 4.79 Å². The van der Waals surface area contributed by atoms with Crippen molar-refractivity contribution in [2.24, 2.45) is 0 Å². The number of carbonyl (C=O) groups excluding carboxylic acids is 1. The lowest BCUT2D eigenvalue weighted by Crippen LogP contribution is -2.21. The van der Waals surface area contributed by atoms with Crippen LogP contribution in [-0.2, 0) is 4.79 Å². The van der Waals surface area contributed by atoms with Crippen LogP contribution in [0, 0.1) is 0 Å². The van der Waals surface area contributed by atoms with E-state index in [-0.39, 0.29) is 0 Å². The van der Waals surface area contributed by atoms with Gasteiger partial charge < -0.3 is 10.6 Å². The summed E-state index contributed by atoms with van der Waals surface area (Å²) in [5, 5.41) is 5.91. The molecule has 1 amide bonds. The van der Waals surface area contributed by atoms with Gasteiger partial charge in [0.2, 0.25) is 6.41 Å². The molecule has 0 unspecified atom stereocenters. The van der Waals surface area contributed by atoms with Crippen LogP contribution >= 0.6 is 0 Å². The molecule has 11 heavy (non-hydrogen) atoms. The highest BCUT2D eigenvalue weighted by Gasteiger charge is 1.85. The Kier molecular flexibility index (Phi) is 8.94. The summed E-state index contributed by atoms with van der Waals surface area (Å²) in [6, 6.07) is 0. The molecule has 0 saturated heterocycles. The van der Waals surface area contributed by atoms with E-state index in [1.54, 1.807) is 0 Å². The fourth-order valence-electron chi connectivity index (χ4n) is 0.801. The fraction of sp³-hybridized carbons (Fsp3) is 0.875. The van der Waals surface area contributed by atoms with Crippen LogP contribution in [-0.4, -0.2) is 26.0 Å². The number of amides is 1. The summed E-state index contributed by atoms with van der Waals surface area (Å²) < 4.78 is 0. The number of carbonyl (C=O) groups is 1. The maximum absolute atomic E-state index is 9.81. The van der Waals surface area contributed by atoms with Crippen molar-refractivity contribution < 1.29 is 4.79 Å². The molecule has 0 aromatic carbocycles. The van der Waals surface area contributed by atoms with Crippen molar-refractivity contribution >= 4 is 6.41 Å². The Labute approximate surface area is 68.6 Å². The molecule has 2 N–H and O–H groups in total. The second kappa shape index (κ2) is 9.43. The van der Waals surface area contributed by atoms with E-state index in [1.807, 2.05) is 0 Å². The van der Waals surface area contributed by atoms with E-state index in [9.17, 15) is 4.79 Å². The maximum Gasteiger partial charge on any atom is 0.207 e. The Morgan fingerprint density at radius 2 is 1.91 bits per heavy atom. The van der Waals surface area contributed by atoms with Gasteiger partial charge in [-0.25, -0.2) is 0 Å². The molecule has 0 spiro atoms. The SMILES string of the molecule is CCCCNCCCNC=O. The second-order valence-electron chi connectivity index (χ2n) is 2.53. The van der Waals surface area contributed by atoms with Crippen LogP contribution in [0.15, 0.2) is 0 Å². The second-order valence-corrected chi connectivity index (χ2v) is 2.53. The number of nitrogens with one attached hydrogen (secondary N) is 2. The molecule has 0 aliphatic heterocycles. The van der Waals surface area contributed by atoms with E-state index in [4.69, 9.17) is 0 Å². The molecule has 0 bridgehead atoms. The van der Waals surface area contributed by atoms with Crippen molar-refractivity contribution in [3.05, 3.63) is 0 Å². The van der Waals surface area contributed by atoms with Gasteiger partial charge >= 0.3 is 0 Å². The molecule has 0 aromatic heterocycles. The van der Waals surface area contributed by atoms with Crippen LogP contribution in [0.2, 0.25) is 0 Å². The lowest BCUT2D eigenvalue weighted by Gasteiger charge is -2.01. The molecule has 0 atom stereocenters. The zero-order chi connectivity index (χ0) is 8.36. The molecule has 0 aromatic rings. The summed E-state index contributed by atoms with van der Waals surface area (Å²) in [7, 11) is 0. The van der Waals surface area contributed by atoms with Crippen LogP contribution < -0.4 is 10.6 Å². The number of unbranched alkanes of at least 4 members (excludes halogenated alkanes) is 1. The highest BCUT2D eigenvalue weighted by Crippen LogP contribution is 1.82. The van der Waals surface area contributed by atoms with Gasteiger partial charge in [-0.2, -0.15) is 0 Å². The Morgan fingerprint density at radius 3 is 2.55 bits per heavy atom. The van der Waals surface area contributed by atoms with E-state index in [1.165, 1.54) is 12.8 Å². The minimum atomic E-state index is 0.742. The Hall–Kier alpha value is -0.570. The third kappa shape index (κ3) is 9.43. The van der Waals surface area contributed by atoms with E-state index >= 15 is 0 Å². The van der Waals surface area contributed by atoms with E-state index < -0.39 is 0 Å². The monoisotopic (exact) mass is 158 g/mol. The molecule has 66 valence electrons. The van der Waals surface area contributed by atoms with Crippen LogP contribution in [0.5, 0.6) is 0 Å². The quantitative estimate of drug-likeness (QED) is 0.399. The number of rotatable bonds is 8. The first-order valence-electron chi connectivity index (χ1n) is 4.29. The molecular weight excluding hydrogens is 140 g/mol. The van der Waals surface area contributed by atoms with Crippen molar-refractivity contribution in [2.45, 2.75) is 26.2 Å². The molecule has 0 fully saturated rings. The standard InChI is InChI=1S/C8H18N2O/c1-2-3-5-9-6-4-7-10-8-11/h8-9H,2-7H2,1H3,(H,10,11). The van der Waals surface area contributed by atoms with Gasteiger partial charge in [-0.1, -0.05) is 13.3 Å². The van der Waals surface area contributed by atoms with E-state index in [0.29, 0.717) is 0 Å². The first kappa shape index (κ1) is 10.4. The average molecular weight is 158 g/mol. The minimum Gasteiger partial charge on any atom is -0.359 e. The zero-order valence-electron chi connectivity index (χ0n) is 7.23. The van der Waals surface area contributed by atoms with Crippen LogP contribution in [0.3, 0.4) is 0 Å². The average Bonchev–Trinajstić information content (AvgIpc) is 2.03. The summed E-state index contributed by atoms with van der Waals surface area (Å²) in [6.45, 7) is 5.05. The highest BCUT2D eigenvalue weighted by molar-refractivity contribution is 5.45. The third-order valence-corrected chi connectivity index (χ3v) is 1.47. The van der Waals surface area contributed by atoms with Crippen LogP contribution in [0.1, 0.15) is 26.2 Å². The Balaban J connectivity index is 2.74. The summed E-state index contributed by atoms with van der Waals surface area (Å²) in [5.74, 6) is 0. The van der Waals surface area contributed by atoms with Gasteiger partial charge in [0, 0.05) is 6.54 Å². The molecule has 3 nitrogen and oxygen atoms in total. The van der Waals surface area contributed by atoms with Crippen LogP contribution in [0.25, 0.3) is 0 Å². The van der Waals surface area contributed by atoms with Crippen LogP contribution in [0.4, 0.5) is 0 Å². The summed E-state index contributed by atoms with van der Waals surface area (Å²) in [5.41, 5.74) is 0. The maximum atomic E-state index is 9.81. The smallest absolute Gasteiger partial charge is 0.207 e. The predicted molar refractivity (Wildman–Crippen MR) is 46.5 cm³/mol. The summed E-state index contributed by atoms with van der Waals surface area (Å²) in [6.07, 6.45) is 4.23. The van der Waals surface area contributed by atoms with Crippen molar-refractivity contribution in [1.82, 2.24) is 10.6 Å². The molecule has 0 aliphatic rings. The van der Waals surface area contributed by atoms with Crippen molar-refractivity contribution in [3.8, 4) is 0 Å². The fourth-order valence-corrected chi connectivity index (χ4v) is 0.801. The molecular formula is C8H18N2O. The van der Waals surface area contributed by atoms with Gasteiger partial charge in [-0.05, 0) is 25.9 Å². The van der Waals surface area contributed by atoms with Gasteiger partial charge in [0.1, 0.15) is 0 Å². The minimum absolute atomic E-state index is 0.742. The largest absolute Gasteiger partial charge is 0.359 e. The zero-order valence-corrected chi connectivity index (χ0v) is 7.23. The third-order valence-electron chi connectivity index (χ3n) is 1.47. The summed E-state index contributed by atoms with van der Waals surface area (Å²) >= 11 is 0. The Morgan fingerprint density at radius 1 is 1.18 bits per heavy atom. The van der Waals surface area contributed by atoms with Crippen molar-refractivity contribution in [1.29, 1.82) is 0 Å². The first-order valence-corrected chi connectivity index (χ1v) is 4.29. The molecule has 0 heterocycles. The van der Waals surface area contributed by atoms with Gasteiger partial charge in [0.15, 0.2) is 0 Å². The summed E-state index contributed by atoms with van der Waals surface area (Å²) in [4.78, 5) is 9.81. The van der Waals surface area contributed by atoms with Gasteiger partial charge in [-0.15, -0.1) is 0 Å². The van der Waals surface area contributed by atoms with Crippen molar-refractivity contribution in [2.75, 3.05) is 19.6 Å². The van der Waals surface area contributed by atoms with E-state index in [0.717, 1.165) is 32.5 Å². The number of hydrogen-bond acceptors (Lipinski definition) is 2. The Bertz CT molecular complexity index is 86.2. The molecule has 0 aliphatic carbocycles. The van der Waals surface area contributed by atoms with Crippen molar-refractivity contribution in [3.63, 3.8) is 0 Å². The first-order chi connectivity index (χ1) is 5.41. The highest BCUT2D eigenvalue weighted by atomic mass is 16.1. The molecule has 0 saturated carbocycles. The predicted octanol–water partition coefficient (Wildman–Crippen LogP) is 0.512. The lowest BCUT2D eigenvalue weighted by atomic mass is 10.3. The molecule has 0 radical (unpaired) electrons. The lowest BCUT2D eigenvalue weighted by molar-refractivity contribution is -0.109. The number of hydrogen-bond donors (Lipinski definition) is 2. The molecule has 0 rings (SSSR count). The topological polar surface area (TPSA) is 41.1 Å². The van der Waals surface area contributed by atoms with E-state index in [2.05, 4.69) is 17.6 Å².